The van der Waals surface area contributed by atoms with Gasteiger partial charge in [0, 0.05) is 0 Å². The summed E-state index contributed by atoms with van der Waals surface area (Å²) in [5.41, 5.74) is 0. The van der Waals surface area contributed by atoms with Crippen molar-refractivity contribution < 1.29 is 34.7 Å². The van der Waals surface area contributed by atoms with Crippen LogP contribution in [-0.2, 0) is 9.47 Å². The van der Waals surface area contributed by atoms with Crippen LogP contribution in [0.3, 0.4) is 0 Å². The van der Waals surface area contributed by atoms with Crippen LogP contribution >= 0.6 is 0 Å². The molecule has 5 N–H and O–H groups in total. The van der Waals surface area contributed by atoms with Crippen molar-refractivity contribution in [1.29, 1.82) is 0 Å². The molecule has 1 rings (SSSR count). The van der Waals surface area contributed by atoms with Crippen LogP contribution in [0.15, 0.2) is 0 Å². The number of aliphatic hydroxyl groups excluding tert-OH is 4. The third-order valence-electron chi connectivity index (χ3n) is 3.63. The number of unbranched alkanes of at least 4 members (excludes halogenated alkanes) is 4. The smallest absolute Gasteiger partial charge is 0.409 e. The van der Waals surface area contributed by atoms with Gasteiger partial charge in [0.1, 0.15) is 24.4 Å². The predicted octanol–water partition coefficient (Wildman–Crippen LogP) is -0.517. The lowest BCUT2D eigenvalue weighted by Gasteiger charge is -2.39. The molecule has 0 aliphatic carbocycles. The monoisotopic (exact) mass is 321 g/mol. The molecule has 0 spiro atoms. The van der Waals surface area contributed by atoms with Crippen molar-refractivity contribution in [2.24, 2.45) is 0 Å². The quantitative estimate of drug-likeness (QED) is 0.381. The lowest BCUT2D eigenvalue weighted by molar-refractivity contribution is -0.234. The molecule has 1 fully saturated rings. The van der Waals surface area contributed by atoms with E-state index in [1.54, 1.807) is 0 Å². The first-order valence-corrected chi connectivity index (χ1v) is 7.75. The summed E-state index contributed by atoms with van der Waals surface area (Å²) in [4.78, 5) is 11.6. The maximum atomic E-state index is 11.6. The zero-order chi connectivity index (χ0) is 16.5. The summed E-state index contributed by atoms with van der Waals surface area (Å²) in [7, 11) is 0. The first kappa shape index (κ1) is 19.1. The SMILES string of the molecule is CCCCCCCOC(=O)N[C@H]1O[C@H](CO)[C@@H](O)[C@H](O)[C@@H]1O. The van der Waals surface area contributed by atoms with E-state index >= 15 is 0 Å². The zero-order valence-electron chi connectivity index (χ0n) is 12.9. The Hall–Kier alpha value is -0.930. The highest BCUT2D eigenvalue weighted by atomic mass is 16.6. The second-order valence-corrected chi connectivity index (χ2v) is 5.44. The number of alkyl carbamates (subject to hydrolysis) is 1. The standard InChI is InChI=1S/C14H27NO7/c1-2-3-4-5-6-7-21-14(20)15-13-12(19)11(18)10(17)9(8-16)22-13/h9-13,16-19H,2-8H2,1H3,(H,15,20)/t9-,10-,11+,12+,13+/m1/s1. The van der Waals surface area contributed by atoms with Crippen LogP contribution in [0, 0.1) is 0 Å². The van der Waals surface area contributed by atoms with Gasteiger partial charge in [0.15, 0.2) is 6.23 Å². The maximum Gasteiger partial charge on any atom is 0.409 e. The van der Waals surface area contributed by atoms with Gasteiger partial charge in [-0.05, 0) is 6.42 Å². The minimum atomic E-state index is -1.52. The van der Waals surface area contributed by atoms with Crippen LogP contribution in [0.4, 0.5) is 4.79 Å². The molecular formula is C14H27NO7. The Bertz CT molecular complexity index is 326. The summed E-state index contributed by atoms with van der Waals surface area (Å²) in [5, 5.41) is 40.3. The van der Waals surface area contributed by atoms with Crippen molar-refractivity contribution in [1.82, 2.24) is 5.32 Å². The zero-order valence-corrected chi connectivity index (χ0v) is 12.9. The topological polar surface area (TPSA) is 128 Å². The Morgan fingerprint density at radius 3 is 2.41 bits per heavy atom. The van der Waals surface area contributed by atoms with Gasteiger partial charge in [0.2, 0.25) is 0 Å². The molecule has 0 bridgehead atoms. The Morgan fingerprint density at radius 2 is 1.77 bits per heavy atom. The summed E-state index contributed by atoms with van der Waals surface area (Å²) in [5.74, 6) is 0. The van der Waals surface area contributed by atoms with Crippen molar-refractivity contribution in [3.05, 3.63) is 0 Å². The lowest BCUT2D eigenvalue weighted by Crippen LogP contribution is -2.63. The Balaban J connectivity index is 2.30. The molecular weight excluding hydrogens is 294 g/mol. The molecule has 0 radical (unpaired) electrons. The van der Waals surface area contributed by atoms with E-state index in [0.717, 1.165) is 32.1 Å². The summed E-state index contributed by atoms with van der Waals surface area (Å²) in [6.45, 7) is 1.83. The average molecular weight is 321 g/mol. The number of nitrogens with one attached hydrogen (secondary N) is 1. The lowest BCUT2D eigenvalue weighted by atomic mass is 9.98. The number of carbonyl (C=O) groups is 1. The van der Waals surface area contributed by atoms with Crippen LogP contribution in [-0.4, -0.2) is 70.4 Å². The van der Waals surface area contributed by atoms with Gasteiger partial charge in [-0.25, -0.2) is 4.79 Å². The predicted molar refractivity (Wildman–Crippen MR) is 77.0 cm³/mol. The van der Waals surface area contributed by atoms with Crippen LogP contribution in [0.5, 0.6) is 0 Å². The van der Waals surface area contributed by atoms with E-state index in [2.05, 4.69) is 12.2 Å². The molecule has 0 aromatic carbocycles. The van der Waals surface area contributed by atoms with Gasteiger partial charge in [-0.3, -0.25) is 5.32 Å². The normalized spacial score (nSPS) is 31.8. The highest BCUT2D eigenvalue weighted by Crippen LogP contribution is 2.19. The van der Waals surface area contributed by atoms with Crippen molar-refractivity contribution in [3.8, 4) is 0 Å². The number of aliphatic hydroxyl groups is 4. The summed E-state index contributed by atoms with van der Waals surface area (Å²) in [6.07, 6.45) is -2.46. The third-order valence-corrected chi connectivity index (χ3v) is 3.63. The third kappa shape index (κ3) is 5.69. The molecule has 1 aliphatic heterocycles. The number of rotatable bonds is 8. The van der Waals surface area contributed by atoms with Crippen molar-refractivity contribution in [2.45, 2.75) is 69.7 Å². The largest absolute Gasteiger partial charge is 0.450 e. The first-order chi connectivity index (χ1) is 10.5. The fourth-order valence-corrected chi connectivity index (χ4v) is 2.25. The van der Waals surface area contributed by atoms with E-state index in [1.807, 2.05) is 0 Å². The Labute approximate surface area is 130 Å². The first-order valence-electron chi connectivity index (χ1n) is 7.75. The molecule has 0 unspecified atom stereocenters. The fraction of sp³-hybridized carbons (Fsp3) is 0.929. The fourth-order valence-electron chi connectivity index (χ4n) is 2.25. The van der Waals surface area contributed by atoms with E-state index in [0.29, 0.717) is 0 Å². The minimum absolute atomic E-state index is 0.257. The van der Waals surface area contributed by atoms with Gasteiger partial charge < -0.3 is 29.9 Å². The molecule has 0 aromatic rings. The number of ether oxygens (including phenoxy) is 2. The molecule has 1 amide bonds. The van der Waals surface area contributed by atoms with Crippen LogP contribution in [0.25, 0.3) is 0 Å². The molecule has 0 saturated carbocycles. The molecule has 1 heterocycles. The highest BCUT2D eigenvalue weighted by Gasteiger charge is 2.44. The second kappa shape index (κ2) is 9.96. The summed E-state index contributed by atoms with van der Waals surface area (Å²) >= 11 is 0. The van der Waals surface area contributed by atoms with E-state index in [4.69, 9.17) is 14.6 Å². The van der Waals surface area contributed by atoms with Crippen molar-refractivity contribution in [2.75, 3.05) is 13.2 Å². The minimum Gasteiger partial charge on any atom is -0.450 e. The van der Waals surface area contributed by atoms with Crippen LogP contribution < -0.4 is 5.32 Å². The molecule has 1 aliphatic rings. The summed E-state index contributed by atoms with van der Waals surface area (Å²) in [6, 6.07) is 0. The van der Waals surface area contributed by atoms with E-state index < -0.39 is 43.3 Å². The van der Waals surface area contributed by atoms with Crippen LogP contribution in [0.2, 0.25) is 0 Å². The molecule has 8 nitrogen and oxygen atoms in total. The Morgan fingerprint density at radius 1 is 1.09 bits per heavy atom. The molecule has 0 aromatic heterocycles. The van der Waals surface area contributed by atoms with Gasteiger partial charge in [0.25, 0.3) is 0 Å². The number of amides is 1. The molecule has 1 saturated heterocycles. The molecule has 5 atom stereocenters. The van der Waals surface area contributed by atoms with Crippen molar-refractivity contribution >= 4 is 6.09 Å². The maximum absolute atomic E-state index is 11.6. The Kier molecular flexibility index (Phi) is 8.66. The number of carbonyl (C=O) groups excluding carboxylic acids is 1. The van der Waals surface area contributed by atoms with Crippen LogP contribution in [0.1, 0.15) is 39.0 Å². The van der Waals surface area contributed by atoms with E-state index in [9.17, 15) is 20.1 Å². The number of hydrogen-bond acceptors (Lipinski definition) is 7. The van der Waals surface area contributed by atoms with Gasteiger partial charge >= 0.3 is 6.09 Å². The highest BCUT2D eigenvalue weighted by molar-refractivity contribution is 5.67. The molecule has 8 heteroatoms. The van der Waals surface area contributed by atoms with Gasteiger partial charge in [-0.15, -0.1) is 0 Å². The number of hydrogen-bond donors (Lipinski definition) is 5. The van der Waals surface area contributed by atoms with Crippen molar-refractivity contribution in [3.63, 3.8) is 0 Å². The van der Waals surface area contributed by atoms with Gasteiger partial charge in [-0.2, -0.15) is 0 Å². The summed E-state index contributed by atoms with van der Waals surface area (Å²) < 4.78 is 10.1. The molecule has 22 heavy (non-hydrogen) atoms. The average Bonchev–Trinajstić information content (AvgIpc) is 2.51. The second-order valence-electron chi connectivity index (χ2n) is 5.44. The van der Waals surface area contributed by atoms with Gasteiger partial charge in [-0.1, -0.05) is 32.6 Å². The van der Waals surface area contributed by atoms with E-state index in [-0.39, 0.29) is 6.61 Å². The van der Waals surface area contributed by atoms with Gasteiger partial charge in [0.05, 0.1) is 13.2 Å². The molecule has 130 valence electrons. The van der Waals surface area contributed by atoms with E-state index in [1.165, 1.54) is 0 Å².